The van der Waals surface area contributed by atoms with Gasteiger partial charge in [-0.05, 0) is 62.7 Å². The van der Waals surface area contributed by atoms with Gasteiger partial charge < -0.3 is 9.84 Å². The van der Waals surface area contributed by atoms with Crippen molar-refractivity contribution < 1.29 is 14.6 Å². The molecule has 5 fully saturated rings. The number of nitrogens with zero attached hydrogens (tertiary/aromatic N) is 3. The number of nitrogens with one attached hydrogen (secondary N) is 1. The first-order valence-electron chi connectivity index (χ1n) is 9.72. The summed E-state index contributed by atoms with van der Waals surface area (Å²) < 4.78 is 5.29. The minimum Gasteiger partial charge on any atom is -0.480 e. The lowest BCUT2D eigenvalue weighted by Gasteiger charge is -2.60. The lowest BCUT2D eigenvalue weighted by molar-refractivity contribution is -0.160. The first kappa shape index (κ1) is 16.4. The van der Waals surface area contributed by atoms with E-state index in [1.165, 1.54) is 13.4 Å². The highest BCUT2D eigenvalue weighted by molar-refractivity contribution is 5.96. The van der Waals surface area contributed by atoms with Crippen molar-refractivity contribution in [2.45, 2.75) is 62.6 Å². The van der Waals surface area contributed by atoms with Crippen LogP contribution in [0.5, 0.6) is 5.88 Å². The third-order valence-electron chi connectivity index (χ3n) is 6.71. The number of methoxy groups -OCH3 is 1. The normalized spacial score (nSPS) is 37.6. The van der Waals surface area contributed by atoms with Gasteiger partial charge in [-0.3, -0.25) is 9.80 Å². The third kappa shape index (κ3) is 2.68. The summed E-state index contributed by atoms with van der Waals surface area (Å²) in [5, 5.41) is 12.7. The fourth-order valence-electron chi connectivity index (χ4n) is 5.82. The summed E-state index contributed by atoms with van der Waals surface area (Å²) in [6, 6.07) is 0.500. The molecule has 4 bridgehead atoms. The average Bonchev–Trinajstić information content (AvgIpc) is 3.42. The molecular weight excluding hydrogens is 332 g/mol. The van der Waals surface area contributed by atoms with Crippen LogP contribution in [0.25, 0.3) is 0 Å². The van der Waals surface area contributed by atoms with Crippen LogP contribution >= 0.6 is 0 Å². The number of carbonyl (C=O) groups is 1. The summed E-state index contributed by atoms with van der Waals surface area (Å²) in [6.07, 6.45) is 9.92. The fraction of sp³-hybridized carbons (Fsp3) is 0.737. The molecule has 140 valence electrons. The molecule has 5 aliphatic rings. The molecule has 0 spiro atoms. The molecular formula is C19H26N4O3. The van der Waals surface area contributed by atoms with Gasteiger partial charge in [0.25, 0.3) is 5.91 Å². The molecule has 7 nitrogen and oxygen atoms in total. The van der Waals surface area contributed by atoms with E-state index in [9.17, 15) is 9.90 Å². The third-order valence-corrected chi connectivity index (χ3v) is 6.71. The summed E-state index contributed by atoms with van der Waals surface area (Å²) in [4.78, 5) is 21.6. The van der Waals surface area contributed by atoms with E-state index in [4.69, 9.17) is 4.74 Å². The van der Waals surface area contributed by atoms with E-state index in [0.29, 0.717) is 35.2 Å². The van der Waals surface area contributed by atoms with Crippen LogP contribution in [0.15, 0.2) is 12.5 Å². The number of ether oxygens (including phenoxy) is 1. The van der Waals surface area contributed by atoms with Crippen molar-refractivity contribution in [3.8, 4) is 5.88 Å². The van der Waals surface area contributed by atoms with Gasteiger partial charge in [-0.25, -0.2) is 15.4 Å². The van der Waals surface area contributed by atoms with Gasteiger partial charge in [-0.2, -0.15) is 0 Å². The SMILES string of the molecule is COc1ncncc1C(=O)N(NC1CC1)C1C2CC3CC1CC(O)(C3)C2. The molecule has 0 aliphatic heterocycles. The zero-order valence-corrected chi connectivity index (χ0v) is 15.1. The zero-order valence-electron chi connectivity index (χ0n) is 15.1. The maximum atomic E-state index is 13.4. The molecule has 5 aliphatic carbocycles. The molecule has 1 amide bonds. The summed E-state index contributed by atoms with van der Waals surface area (Å²) in [7, 11) is 1.52. The van der Waals surface area contributed by atoms with E-state index in [-0.39, 0.29) is 11.9 Å². The van der Waals surface area contributed by atoms with Gasteiger partial charge in [0.1, 0.15) is 11.9 Å². The minimum atomic E-state index is -0.505. The molecule has 2 N–H and O–H groups in total. The topological polar surface area (TPSA) is 87.6 Å². The molecule has 0 aromatic carbocycles. The number of amides is 1. The predicted molar refractivity (Wildman–Crippen MR) is 93.2 cm³/mol. The Morgan fingerprint density at radius 1 is 1.31 bits per heavy atom. The highest BCUT2D eigenvalue weighted by Crippen LogP contribution is 2.57. The van der Waals surface area contributed by atoms with E-state index in [1.54, 1.807) is 6.20 Å². The van der Waals surface area contributed by atoms with Gasteiger partial charge in [0.2, 0.25) is 5.88 Å². The van der Waals surface area contributed by atoms with Crippen LogP contribution in [0.1, 0.15) is 55.3 Å². The van der Waals surface area contributed by atoms with Crippen molar-refractivity contribution in [1.29, 1.82) is 0 Å². The number of aliphatic hydroxyl groups is 1. The molecule has 2 unspecified atom stereocenters. The van der Waals surface area contributed by atoms with Crippen molar-refractivity contribution in [1.82, 2.24) is 20.4 Å². The highest BCUT2D eigenvalue weighted by atomic mass is 16.5. The predicted octanol–water partition coefficient (Wildman–Crippen LogP) is 1.53. The highest BCUT2D eigenvalue weighted by Gasteiger charge is 2.57. The Bertz CT molecular complexity index is 706. The van der Waals surface area contributed by atoms with Gasteiger partial charge in [0.05, 0.1) is 18.8 Å². The van der Waals surface area contributed by atoms with Crippen LogP contribution < -0.4 is 10.2 Å². The largest absolute Gasteiger partial charge is 0.480 e. The molecule has 26 heavy (non-hydrogen) atoms. The van der Waals surface area contributed by atoms with Crippen molar-refractivity contribution in [3.05, 3.63) is 18.1 Å². The first-order chi connectivity index (χ1) is 12.6. The Kier molecular flexibility index (Phi) is 3.72. The van der Waals surface area contributed by atoms with Crippen LogP contribution in [0.4, 0.5) is 0 Å². The van der Waals surface area contributed by atoms with E-state index in [0.717, 1.165) is 44.9 Å². The second-order valence-electron chi connectivity index (χ2n) is 8.71. The van der Waals surface area contributed by atoms with E-state index in [1.807, 2.05) is 5.01 Å². The van der Waals surface area contributed by atoms with Gasteiger partial charge in [-0.15, -0.1) is 0 Å². The van der Waals surface area contributed by atoms with Crippen molar-refractivity contribution in [3.63, 3.8) is 0 Å². The van der Waals surface area contributed by atoms with Crippen molar-refractivity contribution >= 4 is 5.91 Å². The van der Waals surface area contributed by atoms with Crippen LogP contribution in [0.3, 0.4) is 0 Å². The van der Waals surface area contributed by atoms with Crippen LogP contribution in [0.2, 0.25) is 0 Å². The molecule has 6 rings (SSSR count). The number of hydrogen-bond acceptors (Lipinski definition) is 6. The zero-order chi connectivity index (χ0) is 17.9. The maximum absolute atomic E-state index is 13.4. The molecule has 0 saturated heterocycles. The Morgan fingerprint density at radius 2 is 2.04 bits per heavy atom. The van der Waals surface area contributed by atoms with Crippen LogP contribution in [-0.4, -0.2) is 50.8 Å². The lowest BCUT2D eigenvalue weighted by atomic mass is 9.52. The van der Waals surface area contributed by atoms with Crippen LogP contribution in [-0.2, 0) is 0 Å². The summed E-state index contributed by atoms with van der Waals surface area (Å²) >= 11 is 0. The second-order valence-corrected chi connectivity index (χ2v) is 8.71. The molecule has 2 atom stereocenters. The van der Waals surface area contributed by atoms with Gasteiger partial charge in [-0.1, -0.05) is 0 Å². The maximum Gasteiger partial charge on any atom is 0.275 e. The number of carbonyl (C=O) groups excluding carboxylic acids is 1. The average molecular weight is 358 g/mol. The molecule has 1 aromatic rings. The number of aromatic nitrogens is 2. The van der Waals surface area contributed by atoms with E-state index < -0.39 is 5.60 Å². The Hall–Kier alpha value is -1.73. The number of rotatable bonds is 5. The molecule has 5 saturated carbocycles. The molecule has 1 heterocycles. The number of hydrazine groups is 1. The van der Waals surface area contributed by atoms with Crippen molar-refractivity contribution in [2.24, 2.45) is 17.8 Å². The Morgan fingerprint density at radius 3 is 2.65 bits per heavy atom. The quantitative estimate of drug-likeness (QED) is 0.776. The smallest absolute Gasteiger partial charge is 0.275 e. The minimum absolute atomic E-state index is 0.112. The Balaban J connectivity index is 1.47. The van der Waals surface area contributed by atoms with E-state index in [2.05, 4.69) is 15.4 Å². The first-order valence-corrected chi connectivity index (χ1v) is 9.72. The number of hydrogen-bond donors (Lipinski definition) is 2. The molecule has 7 heteroatoms. The second kappa shape index (κ2) is 5.89. The van der Waals surface area contributed by atoms with Crippen LogP contribution in [0, 0.1) is 17.8 Å². The molecule has 0 radical (unpaired) electrons. The Labute approximate surface area is 153 Å². The monoisotopic (exact) mass is 358 g/mol. The lowest BCUT2D eigenvalue weighted by Crippen LogP contribution is -2.65. The van der Waals surface area contributed by atoms with Crippen molar-refractivity contribution in [2.75, 3.05) is 7.11 Å². The summed E-state index contributed by atoms with van der Waals surface area (Å²) in [5.41, 5.74) is 3.37. The van der Waals surface area contributed by atoms with Gasteiger partial charge >= 0.3 is 0 Å². The van der Waals surface area contributed by atoms with E-state index >= 15 is 0 Å². The van der Waals surface area contributed by atoms with Gasteiger partial charge in [0, 0.05) is 12.2 Å². The van der Waals surface area contributed by atoms with Gasteiger partial charge in [0.15, 0.2) is 0 Å². The standard InChI is InChI=1S/C19H26N4O3/c1-26-17-15(9-20-10-21-17)18(24)23(22-14-2-3-14)16-12-4-11-5-13(16)8-19(25,6-11)7-12/h9-14,16,22,25H,2-8H2,1H3. The summed E-state index contributed by atoms with van der Waals surface area (Å²) in [5.74, 6) is 1.53. The molecule has 1 aromatic heterocycles. The fourth-order valence-corrected chi connectivity index (χ4v) is 5.82. The summed E-state index contributed by atoms with van der Waals surface area (Å²) in [6.45, 7) is 0.